The van der Waals surface area contributed by atoms with Gasteiger partial charge in [-0.3, -0.25) is 6.08 Å². The molecule has 0 bridgehead atoms. The topological polar surface area (TPSA) is 0 Å². The summed E-state index contributed by atoms with van der Waals surface area (Å²) in [5.41, 5.74) is 1.43. The van der Waals surface area contributed by atoms with E-state index >= 15 is 0 Å². The van der Waals surface area contributed by atoms with E-state index in [9.17, 15) is 0 Å². The molecule has 82 valence electrons. The van der Waals surface area contributed by atoms with Crippen molar-refractivity contribution < 1.29 is 21.7 Å². The molecule has 0 amide bonds. The Morgan fingerprint density at radius 1 is 1.21 bits per heavy atom. The van der Waals surface area contributed by atoms with Crippen LogP contribution in [0.4, 0.5) is 0 Å². The minimum atomic E-state index is 0. The SMILES string of the molecule is CCCCCCC1=[C-]CC=C1.Cl.Cl.[Ti]. The Morgan fingerprint density at radius 2 is 1.93 bits per heavy atom. The fourth-order valence-corrected chi connectivity index (χ4v) is 1.36. The molecule has 0 unspecified atom stereocenters. The molecule has 1 rings (SSSR count). The average molecular weight is 270 g/mol. The predicted octanol–water partition coefficient (Wildman–Crippen LogP) is 4.49. The summed E-state index contributed by atoms with van der Waals surface area (Å²) in [6.45, 7) is 2.25. The minimum absolute atomic E-state index is 0. The van der Waals surface area contributed by atoms with Gasteiger partial charge in [0.15, 0.2) is 0 Å². The van der Waals surface area contributed by atoms with E-state index in [0.717, 1.165) is 6.42 Å². The summed E-state index contributed by atoms with van der Waals surface area (Å²) >= 11 is 0. The first kappa shape index (κ1) is 20.2. The van der Waals surface area contributed by atoms with Crippen LogP contribution in [0.3, 0.4) is 0 Å². The van der Waals surface area contributed by atoms with Crippen LogP contribution in [0.2, 0.25) is 0 Å². The van der Waals surface area contributed by atoms with Gasteiger partial charge < -0.3 is 0 Å². The van der Waals surface area contributed by atoms with Crippen molar-refractivity contribution in [3.8, 4) is 0 Å². The van der Waals surface area contributed by atoms with Crippen molar-refractivity contribution in [2.45, 2.75) is 45.4 Å². The molecule has 0 nitrogen and oxygen atoms in total. The second-order valence-electron chi connectivity index (χ2n) is 3.12. The quantitative estimate of drug-likeness (QED) is 0.392. The summed E-state index contributed by atoms with van der Waals surface area (Å²) in [6, 6.07) is 0. The molecule has 0 heterocycles. The van der Waals surface area contributed by atoms with Gasteiger partial charge in [-0.05, 0) is 0 Å². The molecule has 14 heavy (non-hydrogen) atoms. The number of unbranched alkanes of at least 4 members (excludes halogenated alkanes) is 3. The van der Waals surface area contributed by atoms with Crippen molar-refractivity contribution in [1.82, 2.24) is 0 Å². The van der Waals surface area contributed by atoms with Crippen LogP contribution in [0, 0.1) is 6.08 Å². The molecule has 3 heteroatoms. The van der Waals surface area contributed by atoms with Gasteiger partial charge >= 0.3 is 0 Å². The third-order valence-electron chi connectivity index (χ3n) is 2.07. The maximum Gasteiger partial charge on any atom is 0 e. The third-order valence-corrected chi connectivity index (χ3v) is 2.07. The number of allylic oxidation sites excluding steroid dienone is 4. The molecule has 0 fully saturated rings. The molecule has 0 aliphatic heterocycles. The van der Waals surface area contributed by atoms with Crippen molar-refractivity contribution in [1.29, 1.82) is 0 Å². The van der Waals surface area contributed by atoms with Gasteiger partial charge in [0.05, 0.1) is 0 Å². The molecule has 0 atom stereocenters. The first-order chi connectivity index (χ1) is 5.43. The van der Waals surface area contributed by atoms with Crippen LogP contribution in [0.15, 0.2) is 17.7 Å². The molecule has 0 aromatic heterocycles. The van der Waals surface area contributed by atoms with Crippen LogP contribution < -0.4 is 0 Å². The summed E-state index contributed by atoms with van der Waals surface area (Å²) in [7, 11) is 0. The molecular formula is C11H19Cl2Ti-. The molecule has 0 spiro atoms. The van der Waals surface area contributed by atoms with Gasteiger partial charge in [-0.15, -0.1) is 31.2 Å². The zero-order valence-corrected chi connectivity index (χ0v) is 11.9. The Labute approximate surface area is 115 Å². The van der Waals surface area contributed by atoms with E-state index in [0.29, 0.717) is 0 Å². The van der Waals surface area contributed by atoms with Gasteiger partial charge in [0.1, 0.15) is 0 Å². The Hall–Kier alpha value is 0.774. The fraction of sp³-hybridized carbons (Fsp3) is 0.636. The van der Waals surface area contributed by atoms with Gasteiger partial charge in [-0.2, -0.15) is 6.08 Å². The number of rotatable bonds is 5. The van der Waals surface area contributed by atoms with Crippen LogP contribution in [0.25, 0.3) is 0 Å². The standard InChI is InChI=1S/C11H17.2ClH.Ti/c1-2-3-4-5-8-11-9-6-7-10-11;;;/h6,9H,2-5,7-8H2,1H3;2*1H;/q-1;;;. The van der Waals surface area contributed by atoms with Crippen LogP contribution in [-0.4, -0.2) is 0 Å². The normalized spacial score (nSPS) is 12.2. The van der Waals surface area contributed by atoms with Crippen molar-refractivity contribution in [3.63, 3.8) is 0 Å². The Bertz CT molecular complexity index is 165. The van der Waals surface area contributed by atoms with E-state index in [-0.39, 0.29) is 46.5 Å². The van der Waals surface area contributed by atoms with E-state index in [1.54, 1.807) is 0 Å². The smallest absolute Gasteiger partial charge is 0 e. The minimum Gasteiger partial charge on any atom is -0.269 e. The van der Waals surface area contributed by atoms with Crippen molar-refractivity contribution in [2.24, 2.45) is 0 Å². The third kappa shape index (κ3) is 9.33. The molecule has 0 saturated carbocycles. The van der Waals surface area contributed by atoms with Crippen molar-refractivity contribution in [2.75, 3.05) is 0 Å². The molecule has 1 aliphatic carbocycles. The second kappa shape index (κ2) is 13.8. The zero-order valence-electron chi connectivity index (χ0n) is 8.71. The molecule has 0 radical (unpaired) electrons. The number of halogens is 2. The first-order valence-corrected chi connectivity index (χ1v) is 4.69. The summed E-state index contributed by atoms with van der Waals surface area (Å²) in [6.07, 6.45) is 15.5. The maximum atomic E-state index is 3.34. The predicted molar refractivity (Wildman–Crippen MR) is 63.8 cm³/mol. The molecule has 0 aromatic carbocycles. The Balaban J connectivity index is -0.000000403. The number of hydrogen-bond acceptors (Lipinski definition) is 0. The van der Waals surface area contributed by atoms with Gasteiger partial charge in [0, 0.05) is 21.7 Å². The summed E-state index contributed by atoms with van der Waals surface area (Å²) in [5.74, 6) is 0. The van der Waals surface area contributed by atoms with Gasteiger partial charge in [0.25, 0.3) is 0 Å². The molecule has 0 saturated heterocycles. The van der Waals surface area contributed by atoms with Crippen LogP contribution in [0.5, 0.6) is 0 Å². The molecule has 0 aromatic rings. The van der Waals surface area contributed by atoms with Gasteiger partial charge in [-0.1, -0.05) is 39.0 Å². The Kier molecular flexibility index (Phi) is 19.9. The van der Waals surface area contributed by atoms with E-state index in [1.807, 2.05) is 0 Å². The van der Waals surface area contributed by atoms with E-state index in [1.165, 1.54) is 37.7 Å². The first-order valence-electron chi connectivity index (χ1n) is 4.69. The van der Waals surface area contributed by atoms with Gasteiger partial charge in [-0.25, -0.2) is 11.6 Å². The van der Waals surface area contributed by atoms with Crippen LogP contribution in [-0.2, 0) is 21.7 Å². The largest absolute Gasteiger partial charge is 0.269 e. The monoisotopic (exact) mass is 269 g/mol. The van der Waals surface area contributed by atoms with E-state index in [2.05, 4.69) is 25.2 Å². The van der Waals surface area contributed by atoms with Gasteiger partial charge in [0.2, 0.25) is 0 Å². The zero-order chi connectivity index (χ0) is 7.94. The van der Waals surface area contributed by atoms with Crippen molar-refractivity contribution >= 4 is 24.8 Å². The number of hydrogen-bond donors (Lipinski definition) is 0. The summed E-state index contributed by atoms with van der Waals surface area (Å²) < 4.78 is 0. The summed E-state index contributed by atoms with van der Waals surface area (Å²) in [5, 5.41) is 0. The van der Waals surface area contributed by atoms with Crippen LogP contribution >= 0.6 is 24.8 Å². The van der Waals surface area contributed by atoms with E-state index < -0.39 is 0 Å². The molecular weight excluding hydrogens is 251 g/mol. The fourth-order valence-electron chi connectivity index (χ4n) is 1.36. The average Bonchev–Trinajstić information content (AvgIpc) is 2.50. The molecule has 1 aliphatic rings. The maximum absolute atomic E-state index is 3.34. The van der Waals surface area contributed by atoms with Crippen molar-refractivity contribution in [3.05, 3.63) is 23.8 Å². The molecule has 0 N–H and O–H groups in total. The van der Waals surface area contributed by atoms with Crippen LogP contribution in [0.1, 0.15) is 45.4 Å². The van der Waals surface area contributed by atoms with E-state index in [4.69, 9.17) is 0 Å². The second-order valence-corrected chi connectivity index (χ2v) is 3.12. The Morgan fingerprint density at radius 3 is 2.43 bits per heavy atom. The summed E-state index contributed by atoms with van der Waals surface area (Å²) in [4.78, 5) is 0.